The van der Waals surface area contributed by atoms with E-state index in [2.05, 4.69) is 10.6 Å². The Morgan fingerprint density at radius 1 is 1.26 bits per heavy atom. The van der Waals surface area contributed by atoms with E-state index in [-0.39, 0.29) is 36.3 Å². The number of likely N-dealkylation sites (tertiary alicyclic amines) is 1. The number of thioether (sulfide) groups is 1. The van der Waals surface area contributed by atoms with Gasteiger partial charge in [0.05, 0.1) is 6.04 Å². The molecule has 3 N–H and O–H groups in total. The molecule has 1 aromatic rings. The van der Waals surface area contributed by atoms with Crippen LogP contribution in [0.25, 0.3) is 0 Å². The summed E-state index contributed by atoms with van der Waals surface area (Å²) in [4.78, 5) is 27.1. The van der Waals surface area contributed by atoms with Crippen LogP contribution in [0.2, 0.25) is 0 Å². The minimum Gasteiger partial charge on any atom is -0.396 e. The number of carbonyl (C=O) groups is 2. The normalized spacial score (nSPS) is 20.1. The molecular formula is C19H26FN3O3S. The lowest BCUT2D eigenvalue weighted by molar-refractivity contribution is -0.126. The first kappa shape index (κ1) is 19.9. The molecule has 1 saturated heterocycles. The average Bonchev–Trinajstić information content (AvgIpc) is 2.69. The maximum atomic E-state index is 14.0. The molecule has 0 spiro atoms. The van der Waals surface area contributed by atoms with Crippen LogP contribution in [-0.4, -0.2) is 53.9 Å². The largest absolute Gasteiger partial charge is 0.396 e. The lowest BCUT2D eigenvalue weighted by Crippen LogP contribution is -2.48. The highest BCUT2D eigenvalue weighted by atomic mass is 32.2. The van der Waals surface area contributed by atoms with E-state index >= 15 is 0 Å². The van der Waals surface area contributed by atoms with E-state index in [1.807, 2.05) is 6.07 Å². The summed E-state index contributed by atoms with van der Waals surface area (Å²) in [6.45, 7) is 1.60. The van der Waals surface area contributed by atoms with Crippen LogP contribution in [-0.2, 0) is 4.79 Å². The van der Waals surface area contributed by atoms with E-state index in [4.69, 9.17) is 5.11 Å². The molecule has 1 fully saturated rings. The number of hydrogen-bond donors (Lipinski definition) is 3. The number of aliphatic hydroxyl groups excluding tert-OH is 1. The van der Waals surface area contributed by atoms with Crippen LogP contribution in [0, 0.1) is 11.7 Å². The standard InChI is InChI=1S/C19H26FN3O3S/c20-15-4-1-3-14-16(7-12-27-17(14)15)22-19(26)23-9-5-13(6-10-23)18(25)21-8-2-11-24/h1,3-4,13,16,24H,2,5-12H2,(H,21,25)(H,22,26)/t16-/m1/s1. The lowest BCUT2D eigenvalue weighted by Gasteiger charge is -2.34. The number of hydrogen-bond acceptors (Lipinski definition) is 4. The van der Waals surface area contributed by atoms with Crippen molar-refractivity contribution >= 4 is 23.7 Å². The lowest BCUT2D eigenvalue weighted by atomic mass is 9.96. The molecule has 0 aliphatic carbocycles. The van der Waals surface area contributed by atoms with Crippen LogP contribution in [0.4, 0.5) is 9.18 Å². The molecule has 2 aliphatic rings. The number of amides is 3. The highest BCUT2D eigenvalue weighted by Crippen LogP contribution is 2.37. The smallest absolute Gasteiger partial charge is 0.317 e. The van der Waals surface area contributed by atoms with E-state index in [1.165, 1.54) is 17.8 Å². The Hall–Kier alpha value is -1.80. The average molecular weight is 396 g/mol. The zero-order chi connectivity index (χ0) is 19.2. The van der Waals surface area contributed by atoms with Crippen molar-refractivity contribution in [3.8, 4) is 0 Å². The number of halogens is 1. The van der Waals surface area contributed by atoms with Gasteiger partial charge in [0.25, 0.3) is 0 Å². The molecule has 148 valence electrons. The monoisotopic (exact) mass is 395 g/mol. The summed E-state index contributed by atoms with van der Waals surface area (Å²) in [5.41, 5.74) is 0.845. The number of piperidine rings is 1. The Balaban J connectivity index is 1.51. The molecule has 1 aromatic carbocycles. The van der Waals surface area contributed by atoms with Gasteiger partial charge in [0, 0.05) is 42.8 Å². The van der Waals surface area contributed by atoms with Gasteiger partial charge >= 0.3 is 6.03 Å². The van der Waals surface area contributed by atoms with Gasteiger partial charge in [-0.05, 0) is 37.3 Å². The molecule has 2 aliphatic heterocycles. The van der Waals surface area contributed by atoms with Crippen molar-refractivity contribution in [2.24, 2.45) is 5.92 Å². The summed E-state index contributed by atoms with van der Waals surface area (Å²) in [5, 5.41) is 14.6. The zero-order valence-corrected chi connectivity index (χ0v) is 16.1. The zero-order valence-electron chi connectivity index (χ0n) is 15.2. The maximum absolute atomic E-state index is 14.0. The second kappa shape index (κ2) is 9.41. The Kier molecular flexibility index (Phi) is 6.95. The highest BCUT2D eigenvalue weighted by molar-refractivity contribution is 7.99. The van der Waals surface area contributed by atoms with Crippen LogP contribution >= 0.6 is 11.8 Å². The molecule has 8 heteroatoms. The third-order valence-electron chi connectivity index (χ3n) is 5.11. The van der Waals surface area contributed by atoms with Gasteiger partial charge in [0.15, 0.2) is 0 Å². The molecule has 27 heavy (non-hydrogen) atoms. The van der Waals surface area contributed by atoms with Crippen molar-refractivity contribution in [1.82, 2.24) is 15.5 Å². The topological polar surface area (TPSA) is 81.7 Å². The van der Waals surface area contributed by atoms with Gasteiger partial charge in [-0.1, -0.05) is 12.1 Å². The first-order chi connectivity index (χ1) is 13.1. The summed E-state index contributed by atoms with van der Waals surface area (Å²) < 4.78 is 14.0. The Morgan fingerprint density at radius 2 is 2.04 bits per heavy atom. The van der Waals surface area contributed by atoms with E-state index < -0.39 is 0 Å². The van der Waals surface area contributed by atoms with E-state index in [0.29, 0.717) is 43.8 Å². The number of benzene rings is 1. The van der Waals surface area contributed by atoms with Gasteiger partial charge in [-0.15, -0.1) is 11.8 Å². The molecule has 0 saturated carbocycles. The SMILES string of the molecule is O=C(NCCCO)C1CCN(C(=O)N[C@@H]2CCSc3c(F)cccc32)CC1. The number of urea groups is 1. The number of rotatable bonds is 5. The summed E-state index contributed by atoms with van der Waals surface area (Å²) in [7, 11) is 0. The van der Waals surface area contributed by atoms with Crippen molar-refractivity contribution < 1.29 is 19.1 Å². The molecule has 0 bridgehead atoms. The number of carbonyl (C=O) groups excluding carboxylic acids is 2. The highest BCUT2D eigenvalue weighted by Gasteiger charge is 2.30. The van der Waals surface area contributed by atoms with Crippen molar-refractivity contribution in [2.75, 3.05) is 32.0 Å². The Morgan fingerprint density at radius 3 is 2.78 bits per heavy atom. The van der Waals surface area contributed by atoms with Gasteiger partial charge < -0.3 is 20.6 Å². The van der Waals surface area contributed by atoms with Crippen LogP contribution < -0.4 is 10.6 Å². The third-order valence-corrected chi connectivity index (χ3v) is 6.27. The summed E-state index contributed by atoms with van der Waals surface area (Å²) >= 11 is 1.49. The number of nitrogens with one attached hydrogen (secondary N) is 2. The number of aliphatic hydroxyl groups is 1. The van der Waals surface area contributed by atoms with Gasteiger partial charge in [-0.2, -0.15) is 0 Å². The molecule has 0 aromatic heterocycles. The molecule has 2 heterocycles. The summed E-state index contributed by atoms with van der Waals surface area (Å²) in [6, 6.07) is 4.68. The molecule has 0 unspecified atom stereocenters. The fraction of sp³-hybridized carbons (Fsp3) is 0.579. The Labute approximate surface area is 162 Å². The number of nitrogens with zero attached hydrogens (tertiary/aromatic N) is 1. The summed E-state index contributed by atoms with van der Waals surface area (Å²) in [6.07, 6.45) is 2.58. The molecule has 3 amide bonds. The Bertz CT molecular complexity index is 680. The van der Waals surface area contributed by atoms with Crippen molar-refractivity contribution in [2.45, 2.75) is 36.6 Å². The molecule has 6 nitrogen and oxygen atoms in total. The van der Waals surface area contributed by atoms with Crippen LogP contribution in [0.5, 0.6) is 0 Å². The molecule has 1 atom stereocenters. The first-order valence-corrected chi connectivity index (χ1v) is 10.4. The van der Waals surface area contributed by atoms with E-state index in [0.717, 1.165) is 17.7 Å². The van der Waals surface area contributed by atoms with Gasteiger partial charge in [-0.3, -0.25) is 4.79 Å². The second-order valence-corrected chi connectivity index (χ2v) is 8.03. The van der Waals surface area contributed by atoms with Crippen molar-refractivity contribution in [1.29, 1.82) is 0 Å². The van der Waals surface area contributed by atoms with E-state index in [9.17, 15) is 14.0 Å². The second-order valence-electron chi connectivity index (χ2n) is 6.93. The number of fused-ring (bicyclic) bond motifs is 1. The van der Waals surface area contributed by atoms with Crippen molar-refractivity contribution in [3.63, 3.8) is 0 Å². The third kappa shape index (κ3) is 4.93. The van der Waals surface area contributed by atoms with Crippen LogP contribution in [0.15, 0.2) is 23.1 Å². The molecule has 0 radical (unpaired) electrons. The maximum Gasteiger partial charge on any atom is 0.317 e. The van der Waals surface area contributed by atoms with Gasteiger partial charge in [-0.25, -0.2) is 9.18 Å². The predicted molar refractivity (Wildman–Crippen MR) is 102 cm³/mol. The minimum absolute atomic E-state index is 0.00258. The quantitative estimate of drug-likeness (QED) is 0.668. The first-order valence-electron chi connectivity index (χ1n) is 9.45. The van der Waals surface area contributed by atoms with E-state index in [1.54, 1.807) is 11.0 Å². The van der Waals surface area contributed by atoms with Crippen molar-refractivity contribution in [3.05, 3.63) is 29.6 Å². The molecule has 3 rings (SSSR count). The van der Waals surface area contributed by atoms with Gasteiger partial charge in [0.2, 0.25) is 5.91 Å². The fourth-order valence-corrected chi connectivity index (χ4v) is 4.70. The summed E-state index contributed by atoms with van der Waals surface area (Å²) in [5.74, 6) is 0.449. The minimum atomic E-state index is -0.232. The molecular weight excluding hydrogens is 369 g/mol. The fourth-order valence-electron chi connectivity index (χ4n) is 3.56. The van der Waals surface area contributed by atoms with Crippen LogP contribution in [0.3, 0.4) is 0 Å². The predicted octanol–water partition coefficient (Wildman–Crippen LogP) is 2.28. The van der Waals surface area contributed by atoms with Crippen LogP contribution in [0.1, 0.15) is 37.3 Å². The van der Waals surface area contributed by atoms with Gasteiger partial charge in [0.1, 0.15) is 5.82 Å².